The molecule has 6 nitrogen and oxygen atoms in total. The molecular weight excluding hydrogens is 256 g/mol. The van der Waals surface area contributed by atoms with Gasteiger partial charge in [0.1, 0.15) is 10.8 Å². The summed E-state index contributed by atoms with van der Waals surface area (Å²) in [5.74, 6) is -0.435. The van der Waals surface area contributed by atoms with Crippen LogP contribution in [0.3, 0.4) is 0 Å². The van der Waals surface area contributed by atoms with Crippen LogP contribution in [0.4, 0.5) is 5.69 Å². The number of aryl methyl sites for hydroxylation is 1. The molecular formula is C11H9ClN4O2. The molecule has 0 spiro atoms. The fraction of sp³-hybridized carbons (Fsp3) is 0.0909. The van der Waals surface area contributed by atoms with E-state index in [9.17, 15) is 9.59 Å². The van der Waals surface area contributed by atoms with Gasteiger partial charge in [-0.05, 0) is 24.6 Å². The molecule has 0 bridgehead atoms. The van der Waals surface area contributed by atoms with E-state index in [4.69, 9.17) is 11.6 Å². The van der Waals surface area contributed by atoms with E-state index in [-0.39, 0.29) is 11.3 Å². The van der Waals surface area contributed by atoms with E-state index in [1.165, 1.54) is 18.3 Å². The van der Waals surface area contributed by atoms with E-state index in [2.05, 4.69) is 20.5 Å². The summed E-state index contributed by atoms with van der Waals surface area (Å²) >= 11 is 5.78. The number of carbonyl (C=O) groups excluding carboxylic acids is 1. The van der Waals surface area contributed by atoms with Crippen molar-refractivity contribution in [2.24, 2.45) is 0 Å². The van der Waals surface area contributed by atoms with E-state index in [1.54, 1.807) is 13.0 Å². The summed E-state index contributed by atoms with van der Waals surface area (Å²) in [5.41, 5.74) is 1.01. The van der Waals surface area contributed by atoms with Crippen molar-refractivity contribution in [3.8, 4) is 0 Å². The molecule has 7 heteroatoms. The SMILES string of the molecule is Cc1cc(NC(=O)c2ccc(=O)[nH]n2)cnc1Cl. The van der Waals surface area contributed by atoms with E-state index in [1.807, 2.05) is 0 Å². The second-order valence-electron chi connectivity index (χ2n) is 3.59. The lowest BCUT2D eigenvalue weighted by Gasteiger charge is -2.05. The number of hydrogen-bond acceptors (Lipinski definition) is 4. The molecule has 92 valence electrons. The summed E-state index contributed by atoms with van der Waals surface area (Å²) in [4.78, 5) is 26.5. The van der Waals surface area contributed by atoms with Crippen LogP contribution in [0.2, 0.25) is 5.15 Å². The van der Waals surface area contributed by atoms with Crippen molar-refractivity contribution in [2.45, 2.75) is 6.92 Å². The molecule has 0 aliphatic heterocycles. The third-order valence-corrected chi connectivity index (χ3v) is 2.58. The third kappa shape index (κ3) is 2.72. The van der Waals surface area contributed by atoms with E-state index in [0.29, 0.717) is 10.8 Å². The van der Waals surface area contributed by atoms with Gasteiger partial charge < -0.3 is 5.32 Å². The van der Waals surface area contributed by atoms with Crippen molar-refractivity contribution in [1.82, 2.24) is 15.2 Å². The number of aromatic amines is 1. The minimum Gasteiger partial charge on any atom is -0.319 e. The quantitative estimate of drug-likeness (QED) is 0.802. The van der Waals surface area contributed by atoms with Crippen LogP contribution in [0.25, 0.3) is 0 Å². The van der Waals surface area contributed by atoms with Gasteiger partial charge in [-0.25, -0.2) is 10.1 Å². The molecule has 0 atom stereocenters. The zero-order valence-electron chi connectivity index (χ0n) is 9.40. The largest absolute Gasteiger partial charge is 0.319 e. The Balaban J connectivity index is 2.18. The molecule has 0 aliphatic carbocycles. The van der Waals surface area contributed by atoms with E-state index < -0.39 is 5.91 Å². The van der Waals surface area contributed by atoms with Crippen molar-refractivity contribution in [1.29, 1.82) is 0 Å². The highest BCUT2D eigenvalue weighted by molar-refractivity contribution is 6.30. The van der Waals surface area contributed by atoms with Gasteiger partial charge in [-0.15, -0.1) is 0 Å². The van der Waals surface area contributed by atoms with Gasteiger partial charge in [-0.1, -0.05) is 11.6 Å². The predicted octanol–water partition coefficient (Wildman–Crippen LogP) is 1.38. The molecule has 0 radical (unpaired) electrons. The smallest absolute Gasteiger partial charge is 0.276 e. The highest BCUT2D eigenvalue weighted by Gasteiger charge is 2.08. The summed E-state index contributed by atoms with van der Waals surface area (Å²) in [6.07, 6.45) is 1.44. The molecule has 2 heterocycles. The molecule has 1 amide bonds. The number of aromatic nitrogens is 3. The Hall–Kier alpha value is -2.21. The average Bonchev–Trinajstić information content (AvgIpc) is 2.34. The van der Waals surface area contributed by atoms with Crippen LogP contribution in [0.15, 0.2) is 29.2 Å². The maximum atomic E-state index is 11.8. The second kappa shape index (κ2) is 4.97. The number of anilines is 1. The lowest BCUT2D eigenvalue weighted by molar-refractivity contribution is 0.102. The Morgan fingerprint density at radius 1 is 1.44 bits per heavy atom. The summed E-state index contributed by atoms with van der Waals surface area (Å²) in [6.45, 7) is 1.78. The molecule has 2 N–H and O–H groups in total. The topological polar surface area (TPSA) is 87.7 Å². The maximum absolute atomic E-state index is 11.8. The van der Waals surface area contributed by atoms with Gasteiger partial charge in [-0.3, -0.25) is 9.59 Å². The standard InChI is InChI=1S/C11H9ClN4O2/c1-6-4-7(5-13-10(6)12)14-11(18)8-2-3-9(17)16-15-8/h2-5H,1H3,(H,14,18)(H,16,17). The normalized spacial score (nSPS) is 10.1. The third-order valence-electron chi connectivity index (χ3n) is 2.18. The molecule has 0 saturated heterocycles. The fourth-order valence-electron chi connectivity index (χ4n) is 1.29. The summed E-state index contributed by atoms with van der Waals surface area (Å²) in [6, 6.07) is 4.26. The minimum atomic E-state index is -0.435. The van der Waals surface area contributed by atoms with Crippen LogP contribution < -0.4 is 10.9 Å². The van der Waals surface area contributed by atoms with Crippen molar-refractivity contribution in [2.75, 3.05) is 5.32 Å². The number of carbonyl (C=O) groups is 1. The maximum Gasteiger partial charge on any atom is 0.276 e. The van der Waals surface area contributed by atoms with Crippen molar-refractivity contribution in [3.05, 3.63) is 51.2 Å². The minimum absolute atomic E-state index is 0.113. The molecule has 0 fully saturated rings. The van der Waals surface area contributed by atoms with Gasteiger partial charge in [-0.2, -0.15) is 5.10 Å². The Kier molecular flexibility index (Phi) is 3.38. The molecule has 2 rings (SSSR count). The number of hydrogen-bond donors (Lipinski definition) is 2. The molecule has 2 aromatic rings. The summed E-state index contributed by atoms with van der Waals surface area (Å²) in [5, 5.41) is 8.79. The van der Waals surface area contributed by atoms with Gasteiger partial charge in [0, 0.05) is 6.07 Å². The number of H-pyrrole nitrogens is 1. The van der Waals surface area contributed by atoms with Gasteiger partial charge in [0.15, 0.2) is 0 Å². The van der Waals surface area contributed by atoms with Crippen LogP contribution >= 0.6 is 11.6 Å². The average molecular weight is 265 g/mol. The van der Waals surface area contributed by atoms with Crippen LogP contribution in [0.1, 0.15) is 16.1 Å². The fourth-order valence-corrected chi connectivity index (χ4v) is 1.40. The van der Waals surface area contributed by atoms with Crippen molar-refractivity contribution in [3.63, 3.8) is 0 Å². The number of nitrogens with zero attached hydrogens (tertiary/aromatic N) is 2. The Labute approximate surface area is 107 Å². The molecule has 0 unspecified atom stereocenters. The first-order chi connectivity index (χ1) is 8.56. The first kappa shape index (κ1) is 12.3. The second-order valence-corrected chi connectivity index (χ2v) is 3.95. The molecule has 18 heavy (non-hydrogen) atoms. The zero-order chi connectivity index (χ0) is 13.1. The van der Waals surface area contributed by atoms with Gasteiger partial charge in [0.05, 0.1) is 11.9 Å². The number of nitrogens with one attached hydrogen (secondary N) is 2. The Morgan fingerprint density at radius 3 is 2.83 bits per heavy atom. The predicted molar refractivity (Wildman–Crippen MR) is 66.8 cm³/mol. The first-order valence-electron chi connectivity index (χ1n) is 5.05. The Bertz CT molecular complexity index is 633. The summed E-state index contributed by atoms with van der Waals surface area (Å²) < 4.78 is 0. The van der Waals surface area contributed by atoms with E-state index in [0.717, 1.165) is 5.56 Å². The zero-order valence-corrected chi connectivity index (χ0v) is 10.2. The van der Waals surface area contributed by atoms with Gasteiger partial charge >= 0.3 is 0 Å². The highest BCUT2D eigenvalue weighted by Crippen LogP contribution is 2.16. The van der Waals surface area contributed by atoms with Gasteiger partial charge in [0.25, 0.3) is 11.5 Å². The number of rotatable bonds is 2. The highest BCUT2D eigenvalue weighted by atomic mass is 35.5. The van der Waals surface area contributed by atoms with E-state index >= 15 is 0 Å². The summed E-state index contributed by atoms with van der Waals surface area (Å²) in [7, 11) is 0. The Morgan fingerprint density at radius 2 is 2.22 bits per heavy atom. The van der Waals surface area contributed by atoms with Gasteiger partial charge in [0.2, 0.25) is 0 Å². The number of halogens is 1. The molecule has 2 aromatic heterocycles. The lowest BCUT2D eigenvalue weighted by atomic mass is 10.3. The number of pyridine rings is 1. The van der Waals surface area contributed by atoms with Crippen molar-refractivity contribution >= 4 is 23.2 Å². The van der Waals surface area contributed by atoms with Crippen LogP contribution in [-0.2, 0) is 0 Å². The first-order valence-corrected chi connectivity index (χ1v) is 5.43. The monoisotopic (exact) mass is 264 g/mol. The van der Waals surface area contributed by atoms with Crippen LogP contribution in [-0.4, -0.2) is 21.1 Å². The molecule has 0 aliphatic rings. The van der Waals surface area contributed by atoms with Crippen LogP contribution in [0, 0.1) is 6.92 Å². The molecule has 0 saturated carbocycles. The van der Waals surface area contributed by atoms with Crippen LogP contribution in [0.5, 0.6) is 0 Å². The molecule has 0 aromatic carbocycles. The number of amides is 1. The van der Waals surface area contributed by atoms with Crippen molar-refractivity contribution < 1.29 is 4.79 Å². The lowest BCUT2D eigenvalue weighted by Crippen LogP contribution is -2.17.